The molecule has 156 valence electrons. The fourth-order valence-corrected chi connectivity index (χ4v) is 3.30. The van der Waals surface area contributed by atoms with E-state index in [0.29, 0.717) is 11.7 Å². The van der Waals surface area contributed by atoms with Gasteiger partial charge in [0.2, 0.25) is 11.8 Å². The fraction of sp³-hybridized carbons (Fsp3) is 0.182. The Labute approximate surface area is 179 Å². The van der Waals surface area contributed by atoms with Crippen molar-refractivity contribution in [1.82, 2.24) is 29.7 Å². The molecular formula is C22H21N7O2. The molecule has 0 aliphatic carbocycles. The van der Waals surface area contributed by atoms with Gasteiger partial charge in [0.05, 0.1) is 24.7 Å². The first-order valence-corrected chi connectivity index (χ1v) is 9.62. The second-order valence-corrected chi connectivity index (χ2v) is 6.86. The molecule has 0 unspecified atom stereocenters. The van der Waals surface area contributed by atoms with Crippen LogP contribution in [0.4, 0.5) is 5.82 Å². The summed E-state index contributed by atoms with van der Waals surface area (Å²) in [5.74, 6) is 0.784. The molecule has 9 nitrogen and oxygen atoms in total. The highest BCUT2D eigenvalue weighted by molar-refractivity contribution is 5.89. The van der Waals surface area contributed by atoms with Gasteiger partial charge in [-0.3, -0.25) is 19.4 Å². The molecule has 9 heteroatoms. The van der Waals surface area contributed by atoms with E-state index in [-0.39, 0.29) is 12.5 Å². The smallest absolute Gasteiger partial charge is 0.247 e. The van der Waals surface area contributed by atoms with E-state index in [1.165, 1.54) is 0 Å². The van der Waals surface area contributed by atoms with Crippen LogP contribution in [0.1, 0.15) is 11.4 Å². The lowest BCUT2D eigenvalue weighted by atomic mass is 10.1. The van der Waals surface area contributed by atoms with Crippen LogP contribution in [0.25, 0.3) is 22.4 Å². The molecule has 4 aromatic rings. The number of ether oxygens (including phenoxy) is 1. The summed E-state index contributed by atoms with van der Waals surface area (Å²) in [4.78, 5) is 29.4. The number of carbonyl (C=O) groups excluding carboxylic acids is 1. The number of amides is 1. The highest BCUT2D eigenvalue weighted by Crippen LogP contribution is 2.27. The van der Waals surface area contributed by atoms with Crippen molar-refractivity contribution < 1.29 is 9.53 Å². The number of carbonyl (C=O) groups is 1. The molecule has 0 atom stereocenters. The van der Waals surface area contributed by atoms with Crippen LogP contribution in [0.5, 0.6) is 5.88 Å². The van der Waals surface area contributed by atoms with Crippen molar-refractivity contribution in [3.05, 3.63) is 66.6 Å². The summed E-state index contributed by atoms with van der Waals surface area (Å²) >= 11 is 0. The summed E-state index contributed by atoms with van der Waals surface area (Å²) in [5, 5.41) is 7.33. The normalized spacial score (nSPS) is 10.7. The van der Waals surface area contributed by atoms with E-state index < -0.39 is 0 Å². The molecule has 4 heterocycles. The van der Waals surface area contributed by atoms with Gasteiger partial charge in [-0.1, -0.05) is 0 Å². The quantitative estimate of drug-likeness (QED) is 0.516. The summed E-state index contributed by atoms with van der Waals surface area (Å²) in [7, 11) is 1.58. The lowest BCUT2D eigenvalue weighted by Crippen LogP contribution is -2.20. The Hall–Kier alpha value is -4.14. The summed E-state index contributed by atoms with van der Waals surface area (Å²) in [6.45, 7) is 3.92. The van der Waals surface area contributed by atoms with Crippen molar-refractivity contribution in [3.63, 3.8) is 0 Å². The first-order valence-electron chi connectivity index (χ1n) is 9.62. The zero-order valence-electron chi connectivity index (χ0n) is 17.4. The number of hydrogen-bond acceptors (Lipinski definition) is 7. The number of aryl methyl sites for hydroxylation is 1. The standard InChI is InChI=1S/C22H21N7O2/c1-14-22(17-5-7-21(31-3)26-11-17)15(2)29(28-14)13-20(30)27-19-6-4-16(10-25-19)18-12-23-8-9-24-18/h4-12H,13H2,1-3H3,(H,25,27,30). The first-order chi connectivity index (χ1) is 15.0. The summed E-state index contributed by atoms with van der Waals surface area (Å²) in [6.07, 6.45) is 8.28. The molecule has 0 saturated heterocycles. The number of methoxy groups -OCH3 is 1. The zero-order chi connectivity index (χ0) is 21.8. The van der Waals surface area contributed by atoms with Crippen LogP contribution in [0.3, 0.4) is 0 Å². The number of nitrogens with one attached hydrogen (secondary N) is 1. The van der Waals surface area contributed by atoms with E-state index in [4.69, 9.17) is 4.74 Å². The Morgan fingerprint density at radius 2 is 1.81 bits per heavy atom. The summed E-state index contributed by atoms with van der Waals surface area (Å²) in [5.41, 5.74) is 5.12. The molecule has 0 spiro atoms. The Bertz CT molecular complexity index is 1190. The van der Waals surface area contributed by atoms with Crippen LogP contribution >= 0.6 is 0 Å². The van der Waals surface area contributed by atoms with E-state index in [1.54, 1.807) is 54.9 Å². The van der Waals surface area contributed by atoms with Crippen molar-refractivity contribution in [1.29, 1.82) is 0 Å². The second-order valence-electron chi connectivity index (χ2n) is 6.86. The predicted molar refractivity (Wildman–Crippen MR) is 115 cm³/mol. The van der Waals surface area contributed by atoms with E-state index in [2.05, 4.69) is 30.4 Å². The second kappa shape index (κ2) is 8.70. The Balaban J connectivity index is 1.46. The topological polar surface area (TPSA) is 108 Å². The van der Waals surface area contributed by atoms with Gasteiger partial charge in [-0.25, -0.2) is 9.97 Å². The summed E-state index contributed by atoms with van der Waals surface area (Å²) < 4.78 is 6.79. The first kappa shape index (κ1) is 20.1. The fourth-order valence-electron chi connectivity index (χ4n) is 3.30. The van der Waals surface area contributed by atoms with Crippen LogP contribution in [-0.4, -0.2) is 42.7 Å². The van der Waals surface area contributed by atoms with Crippen LogP contribution in [0.2, 0.25) is 0 Å². The monoisotopic (exact) mass is 415 g/mol. The SMILES string of the molecule is COc1ccc(-c2c(C)nn(CC(=O)Nc3ccc(-c4cnccn4)cn3)c2C)cn1. The minimum Gasteiger partial charge on any atom is -0.481 e. The molecule has 31 heavy (non-hydrogen) atoms. The van der Waals surface area contributed by atoms with Gasteiger partial charge in [-0.2, -0.15) is 5.10 Å². The molecular weight excluding hydrogens is 394 g/mol. The molecule has 1 N–H and O–H groups in total. The molecule has 0 bridgehead atoms. The average molecular weight is 415 g/mol. The molecule has 0 fully saturated rings. The molecule has 4 aromatic heterocycles. The van der Waals surface area contributed by atoms with Gasteiger partial charge < -0.3 is 10.1 Å². The number of aromatic nitrogens is 6. The van der Waals surface area contributed by atoms with Crippen molar-refractivity contribution in [2.24, 2.45) is 0 Å². The Kier molecular flexibility index (Phi) is 5.65. The maximum Gasteiger partial charge on any atom is 0.247 e. The van der Waals surface area contributed by atoms with Gasteiger partial charge in [0.1, 0.15) is 12.4 Å². The predicted octanol–water partition coefficient (Wildman–Crippen LogP) is 3.06. The molecule has 0 saturated carbocycles. The van der Waals surface area contributed by atoms with E-state index in [1.807, 2.05) is 26.0 Å². The van der Waals surface area contributed by atoms with Gasteiger partial charge >= 0.3 is 0 Å². The third-order valence-corrected chi connectivity index (χ3v) is 4.80. The molecule has 0 aliphatic heterocycles. The van der Waals surface area contributed by atoms with Gasteiger partial charge in [0.15, 0.2) is 0 Å². The number of nitrogens with zero attached hydrogens (tertiary/aromatic N) is 6. The van der Waals surface area contributed by atoms with Crippen molar-refractivity contribution in [3.8, 4) is 28.3 Å². The van der Waals surface area contributed by atoms with Crippen LogP contribution in [0, 0.1) is 13.8 Å². The van der Waals surface area contributed by atoms with Crippen molar-refractivity contribution in [2.75, 3.05) is 12.4 Å². The minimum absolute atomic E-state index is 0.0733. The molecule has 0 aliphatic rings. The van der Waals surface area contributed by atoms with Crippen LogP contribution < -0.4 is 10.1 Å². The zero-order valence-corrected chi connectivity index (χ0v) is 17.4. The third kappa shape index (κ3) is 4.40. The Morgan fingerprint density at radius 3 is 2.45 bits per heavy atom. The third-order valence-electron chi connectivity index (χ3n) is 4.80. The highest BCUT2D eigenvalue weighted by Gasteiger charge is 2.16. The Morgan fingerprint density at radius 1 is 1.00 bits per heavy atom. The number of anilines is 1. The number of rotatable bonds is 6. The van der Waals surface area contributed by atoms with Gasteiger partial charge in [-0.05, 0) is 32.0 Å². The van der Waals surface area contributed by atoms with E-state index >= 15 is 0 Å². The average Bonchev–Trinajstić information content (AvgIpc) is 3.07. The summed E-state index contributed by atoms with van der Waals surface area (Å²) in [6, 6.07) is 7.30. The van der Waals surface area contributed by atoms with E-state index in [9.17, 15) is 4.79 Å². The molecule has 1 amide bonds. The largest absolute Gasteiger partial charge is 0.481 e. The van der Waals surface area contributed by atoms with Crippen molar-refractivity contribution in [2.45, 2.75) is 20.4 Å². The van der Waals surface area contributed by atoms with Crippen LogP contribution in [0.15, 0.2) is 55.2 Å². The van der Waals surface area contributed by atoms with E-state index in [0.717, 1.165) is 33.8 Å². The lowest BCUT2D eigenvalue weighted by molar-refractivity contribution is -0.117. The number of pyridine rings is 2. The minimum atomic E-state index is -0.218. The van der Waals surface area contributed by atoms with Crippen molar-refractivity contribution >= 4 is 11.7 Å². The molecule has 0 radical (unpaired) electrons. The maximum absolute atomic E-state index is 12.6. The highest BCUT2D eigenvalue weighted by atomic mass is 16.5. The molecule has 0 aromatic carbocycles. The van der Waals surface area contributed by atoms with Gasteiger partial charge in [-0.15, -0.1) is 0 Å². The van der Waals surface area contributed by atoms with Gasteiger partial charge in [0, 0.05) is 53.2 Å². The lowest BCUT2D eigenvalue weighted by Gasteiger charge is -2.08. The van der Waals surface area contributed by atoms with Gasteiger partial charge in [0.25, 0.3) is 0 Å². The van der Waals surface area contributed by atoms with Crippen LogP contribution in [-0.2, 0) is 11.3 Å². The number of hydrogen-bond donors (Lipinski definition) is 1. The maximum atomic E-state index is 12.6. The molecule has 4 rings (SSSR count).